The van der Waals surface area contributed by atoms with Crippen LogP contribution in [0.15, 0.2) is 57.8 Å². The first-order valence-electron chi connectivity index (χ1n) is 8.84. The quantitative estimate of drug-likeness (QED) is 0.858. The van der Waals surface area contributed by atoms with E-state index in [-0.39, 0.29) is 17.2 Å². The van der Waals surface area contributed by atoms with E-state index < -0.39 is 10.0 Å². The molecule has 2 aromatic rings. The maximum absolute atomic E-state index is 12.6. The summed E-state index contributed by atoms with van der Waals surface area (Å²) in [6.07, 6.45) is 1.79. The smallest absolute Gasteiger partial charge is 0.284 e. The lowest BCUT2D eigenvalue weighted by Gasteiger charge is -2.11. The number of carbonyl (C=O) groups is 1. The number of anilines is 1. The Bertz CT molecular complexity index is 983. The third kappa shape index (κ3) is 4.74. The highest BCUT2D eigenvalue weighted by molar-refractivity contribution is 7.90. The van der Waals surface area contributed by atoms with Crippen LogP contribution in [-0.4, -0.2) is 38.7 Å². The molecule has 7 heteroatoms. The SMILES string of the molecule is Cc1ccccc1CC(=O)Nc1cccc(S(=O)(=O)N=C2CCCN2C)c1. The fourth-order valence-electron chi connectivity index (χ4n) is 3.02. The third-order valence-corrected chi connectivity index (χ3v) is 5.89. The Morgan fingerprint density at radius 3 is 2.67 bits per heavy atom. The molecule has 1 aliphatic heterocycles. The molecule has 0 aliphatic carbocycles. The summed E-state index contributed by atoms with van der Waals surface area (Å²) in [6, 6.07) is 13.9. The van der Waals surface area contributed by atoms with E-state index >= 15 is 0 Å². The number of amides is 1. The number of sulfonamides is 1. The van der Waals surface area contributed by atoms with Crippen molar-refractivity contribution in [3.8, 4) is 0 Å². The number of rotatable bonds is 5. The number of hydrogen-bond acceptors (Lipinski definition) is 3. The van der Waals surface area contributed by atoms with E-state index in [1.807, 2.05) is 43.1 Å². The van der Waals surface area contributed by atoms with Gasteiger partial charge in [-0.15, -0.1) is 4.40 Å². The van der Waals surface area contributed by atoms with Crippen molar-refractivity contribution in [2.45, 2.75) is 31.1 Å². The molecule has 0 unspecified atom stereocenters. The largest absolute Gasteiger partial charge is 0.362 e. The maximum Gasteiger partial charge on any atom is 0.284 e. The number of likely N-dealkylation sites (tertiary alicyclic amines) is 1. The van der Waals surface area contributed by atoms with Crippen molar-refractivity contribution in [1.29, 1.82) is 0 Å². The van der Waals surface area contributed by atoms with Gasteiger partial charge in [0.2, 0.25) is 5.91 Å². The van der Waals surface area contributed by atoms with E-state index in [0.717, 1.165) is 24.1 Å². The van der Waals surface area contributed by atoms with Crippen LogP contribution in [0.3, 0.4) is 0 Å². The summed E-state index contributed by atoms with van der Waals surface area (Å²) in [5.74, 6) is 0.379. The summed E-state index contributed by atoms with van der Waals surface area (Å²) in [5.41, 5.74) is 2.42. The van der Waals surface area contributed by atoms with E-state index in [0.29, 0.717) is 17.9 Å². The minimum Gasteiger partial charge on any atom is -0.362 e. The molecule has 0 aromatic heterocycles. The van der Waals surface area contributed by atoms with Gasteiger partial charge in [0, 0.05) is 25.7 Å². The van der Waals surface area contributed by atoms with Crippen molar-refractivity contribution in [2.24, 2.45) is 4.40 Å². The number of amidine groups is 1. The van der Waals surface area contributed by atoms with E-state index in [1.54, 1.807) is 12.1 Å². The van der Waals surface area contributed by atoms with Gasteiger partial charge in [-0.25, -0.2) is 0 Å². The Balaban J connectivity index is 1.75. The molecule has 6 nitrogen and oxygen atoms in total. The van der Waals surface area contributed by atoms with Gasteiger partial charge in [0.05, 0.1) is 11.3 Å². The number of nitrogens with one attached hydrogen (secondary N) is 1. The number of nitrogens with zero attached hydrogens (tertiary/aromatic N) is 2. The number of benzene rings is 2. The van der Waals surface area contributed by atoms with Crippen LogP contribution in [0, 0.1) is 6.92 Å². The van der Waals surface area contributed by atoms with Crippen LogP contribution in [-0.2, 0) is 21.2 Å². The van der Waals surface area contributed by atoms with Gasteiger partial charge in [-0.05, 0) is 42.7 Å². The van der Waals surface area contributed by atoms with Gasteiger partial charge in [0.1, 0.15) is 5.84 Å². The fraction of sp³-hybridized carbons (Fsp3) is 0.300. The highest BCUT2D eigenvalue weighted by Gasteiger charge is 2.20. The Morgan fingerprint density at radius 1 is 1.19 bits per heavy atom. The lowest BCUT2D eigenvalue weighted by molar-refractivity contribution is -0.115. The molecule has 1 fully saturated rings. The molecule has 27 heavy (non-hydrogen) atoms. The Hall–Kier alpha value is -2.67. The number of carbonyl (C=O) groups excluding carboxylic acids is 1. The highest BCUT2D eigenvalue weighted by atomic mass is 32.2. The molecule has 0 radical (unpaired) electrons. The molecule has 0 spiro atoms. The van der Waals surface area contributed by atoms with Gasteiger partial charge < -0.3 is 10.2 Å². The highest BCUT2D eigenvalue weighted by Crippen LogP contribution is 2.20. The summed E-state index contributed by atoms with van der Waals surface area (Å²) < 4.78 is 29.1. The summed E-state index contributed by atoms with van der Waals surface area (Å²) in [7, 11) is -1.97. The lowest BCUT2D eigenvalue weighted by Crippen LogP contribution is -2.20. The van der Waals surface area contributed by atoms with Crippen LogP contribution in [0.25, 0.3) is 0 Å². The molecular formula is C20H23N3O3S. The first-order chi connectivity index (χ1) is 12.8. The number of hydrogen-bond donors (Lipinski definition) is 1. The van der Waals surface area contributed by atoms with Crippen molar-refractivity contribution >= 4 is 27.5 Å². The normalized spacial score (nSPS) is 15.9. The van der Waals surface area contributed by atoms with Crippen molar-refractivity contribution in [1.82, 2.24) is 4.90 Å². The maximum atomic E-state index is 12.6. The summed E-state index contributed by atoms with van der Waals surface area (Å²) in [5, 5.41) is 2.77. The average molecular weight is 385 g/mol. The molecule has 2 aromatic carbocycles. The van der Waals surface area contributed by atoms with Crippen LogP contribution in [0.4, 0.5) is 5.69 Å². The lowest BCUT2D eigenvalue weighted by atomic mass is 10.1. The summed E-state index contributed by atoms with van der Waals surface area (Å²) in [4.78, 5) is 14.2. The molecule has 1 aliphatic rings. The van der Waals surface area contributed by atoms with Gasteiger partial charge in [-0.1, -0.05) is 30.3 Å². The molecule has 3 rings (SSSR count). The van der Waals surface area contributed by atoms with Crippen molar-refractivity contribution in [3.05, 3.63) is 59.7 Å². The molecular weight excluding hydrogens is 362 g/mol. The van der Waals surface area contributed by atoms with E-state index in [2.05, 4.69) is 9.71 Å². The van der Waals surface area contributed by atoms with Crippen LogP contribution in [0.5, 0.6) is 0 Å². The molecule has 0 bridgehead atoms. The van der Waals surface area contributed by atoms with Gasteiger partial charge in [0.15, 0.2) is 0 Å². The zero-order valence-electron chi connectivity index (χ0n) is 15.5. The Kier molecular flexibility index (Phi) is 5.60. The Morgan fingerprint density at radius 2 is 1.96 bits per heavy atom. The fourth-order valence-corrected chi connectivity index (χ4v) is 4.16. The second-order valence-corrected chi connectivity index (χ2v) is 8.29. The number of aryl methyl sites for hydroxylation is 1. The van der Waals surface area contributed by atoms with Crippen LogP contribution >= 0.6 is 0 Å². The Labute approximate surface area is 160 Å². The second kappa shape index (κ2) is 7.92. The molecule has 142 valence electrons. The minimum absolute atomic E-state index is 0.0731. The van der Waals surface area contributed by atoms with Crippen molar-refractivity contribution < 1.29 is 13.2 Å². The van der Waals surface area contributed by atoms with E-state index in [1.165, 1.54) is 12.1 Å². The first kappa shape index (κ1) is 19.1. The second-order valence-electron chi connectivity index (χ2n) is 6.69. The predicted octanol–water partition coefficient (Wildman–Crippen LogP) is 2.99. The van der Waals surface area contributed by atoms with Crippen LogP contribution in [0.2, 0.25) is 0 Å². The van der Waals surface area contributed by atoms with Gasteiger partial charge in [-0.3, -0.25) is 4.79 Å². The molecule has 0 saturated carbocycles. The van der Waals surface area contributed by atoms with Gasteiger partial charge in [-0.2, -0.15) is 8.42 Å². The molecule has 1 N–H and O–H groups in total. The average Bonchev–Trinajstić information content (AvgIpc) is 3.01. The molecule has 0 atom stereocenters. The molecule has 1 heterocycles. The zero-order valence-corrected chi connectivity index (χ0v) is 16.3. The monoisotopic (exact) mass is 385 g/mol. The van der Waals surface area contributed by atoms with Crippen molar-refractivity contribution in [3.63, 3.8) is 0 Å². The summed E-state index contributed by atoms with van der Waals surface area (Å²) >= 11 is 0. The van der Waals surface area contributed by atoms with Gasteiger partial charge in [0.25, 0.3) is 10.0 Å². The third-order valence-electron chi connectivity index (χ3n) is 4.59. The molecule has 1 amide bonds. The predicted molar refractivity (Wildman–Crippen MR) is 106 cm³/mol. The van der Waals surface area contributed by atoms with E-state index in [4.69, 9.17) is 0 Å². The molecule has 1 saturated heterocycles. The topological polar surface area (TPSA) is 78.8 Å². The summed E-state index contributed by atoms with van der Waals surface area (Å²) in [6.45, 7) is 2.76. The van der Waals surface area contributed by atoms with Crippen LogP contribution in [0.1, 0.15) is 24.0 Å². The van der Waals surface area contributed by atoms with Gasteiger partial charge >= 0.3 is 0 Å². The first-order valence-corrected chi connectivity index (χ1v) is 10.3. The zero-order chi connectivity index (χ0) is 19.4. The standard InChI is InChI=1S/C20H23N3O3S/c1-15-7-3-4-8-16(15)13-20(24)21-17-9-5-10-18(14-17)27(25,26)22-19-11-6-12-23(19)2/h3-5,7-10,14H,6,11-13H2,1-2H3,(H,21,24). The van der Waals surface area contributed by atoms with Crippen molar-refractivity contribution in [2.75, 3.05) is 18.9 Å². The van der Waals surface area contributed by atoms with E-state index in [9.17, 15) is 13.2 Å². The minimum atomic E-state index is -3.81. The van der Waals surface area contributed by atoms with Crippen LogP contribution < -0.4 is 5.32 Å².